The van der Waals surface area contributed by atoms with Crippen LogP contribution in [-0.4, -0.2) is 10.2 Å². The first kappa shape index (κ1) is 9.52. The van der Waals surface area contributed by atoms with Gasteiger partial charge in [-0.1, -0.05) is 45.0 Å². The molecule has 0 aliphatic carbocycles. The van der Waals surface area contributed by atoms with E-state index in [2.05, 4.69) is 45.0 Å². The normalized spacial score (nSPS) is 11.9. The summed E-state index contributed by atoms with van der Waals surface area (Å²) in [5.74, 6) is 0. The maximum Gasteiger partial charge on any atom is 0.00834 e. The summed E-state index contributed by atoms with van der Waals surface area (Å²) in [7, 11) is 1.26. The highest BCUT2D eigenvalue weighted by Gasteiger charge is 2.15. The van der Waals surface area contributed by atoms with Gasteiger partial charge in [-0.3, -0.25) is 0 Å². The molecule has 0 aliphatic rings. The Hall–Kier alpha value is -0.563. The molecule has 1 aromatic carbocycles. The molecule has 0 heterocycles. The molecule has 0 aliphatic heterocycles. The van der Waals surface area contributed by atoms with E-state index >= 15 is 0 Å². The summed E-state index contributed by atoms with van der Waals surface area (Å²) < 4.78 is 0. The van der Waals surface area contributed by atoms with Crippen LogP contribution in [0.25, 0.3) is 0 Å². The number of hydrogen-bond acceptors (Lipinski definition) is 0. The smallest absolute Gasteiger partial charge is 0.00834 e. The SMILES string of the molecule is CC(C)(C)c1ccccc1C[SiH3]. The lowest BCUT2D eigenvalue weighted by Gasteiger charge is -2.22. The molecule has 0 atom stereocenters. The zero-order valence-electron chi connectivity index (χ0n) is 8.52. The van der Waals surface area contributed by atoms with Crippen LogP contribution < -0.4 is 0 Å². The average Bonchev–Trinajstić information content (AvgIpc) is 2.03. The maximum absolute atomic E-state index is 2.28. The van der Waals surface area contributed by atoms with Crippen molar-refractivity contribution in [2.24, 2.45) is 0 Å². The summed E-state index contributed by atoms with van der Waals surface area (Å²) in [6, 6.07) is 10.1. The third kappa shape index (κ3) is 1.98. The van der Waals surface area contributed by atoms with Crippen molar-refractivity contribution < 1.29 is 0 Å². The van der Waals surface area contributed by atoms with Crippen LogP contribution in [0.2, 0.25) is 0 Å². The largest absolute Gasteiger partial charge is 0.0620 e. The topological polar surface area (TPSA) is 0 Å². The molecule has 1 heteroatoms. The molecule has 0 spiro atoms. The second-order valence-electron chi connectivity index (χ2n) is 4.26. The maximum atomic E-state index is 2.28. The Morgan fingerprint density at radius 1 is 1.17 bits per heavy atom. The van der Waals surface area contributed by atoms with Gasteiger partial charge in [-0.25, -0.2) is 0 Å². The molecule has 12 heavy (non-hydrogen) atoms. The number of benzene rings is 1. The molecule has 0 saturated carbocycles. The number of rotatable bonds is 1. The van der Waals surface area contributed by atoms with Gasteiger partial charge < -0.3 is 0 Å². The third-order valence-corrected chi connectivity index (χ3v) is 2.97. The second-order valence-corrected chi connectivity index (χ2v) is 4.97. The van der Waals surface area contributed by atoms with Crippen molar-refractivity contribution >= 4 is 10.2 Å². The summed E-state index contributed by atoms with van der Waals surface area (Å²) in [4.78, 5) is 0. The molecule has 0 amide bonds. The highest BCUT2D eigenvalue weighted by Crippen LogP contribution is 2.25. The summed E-state index contributed by atoms with van der Waals surface area (Å²) >= 11 is 0. The molecule has 0 nitrogen and oxygen atoms in total. The van der Waals surface area contributed by atoms with Gasteiger partial charge in [0.1, 0.15) is 0 Å². The van der Waals surface area contributed by atoms with E-state index in [1.807, 2.05) is 0 Å². The van der Waals surface area contributed by atoms with Crippen LogP contribution in [0.4, 0.5) is 0 Å². The Labute approximate surface area is 78.4 Å². The standard InChI is InChI=1S/C11H18Si/c1-11(2,3)10-7-5-4-6-9(10)8-12/h4-7H,8H2,1-3,12H3. The fourth-order valence-electron chi connectivity index (χ4n) is 1.56. The third-order valence-electron chi connectivity index (χ3n) is 2.21. The van der Waals surface area contributed by atoms with E-state index in [0.29, 0.717) is 5.41 Å². The van der Waals surface area contributed by atoms with Crippen LogP contribution in [0, 0.1) is 0 Å². The van der Waals surface area contributed by atoms with E-state index in [0.717, 1.165) is 0 Å². The van der Waals surface area contributed by atoms with E-state index in [9.17, 15) is 0 Å². The highest BCUT2D eigenvalue weighted by molar-refractivity contribution is 6.08. The van der Waals surface area contributed by atoms with Gasteiger partial charge in [-0.05, 0) is 22.6 Å². The Morgan fingerprint density at radius 2 is 1.75 bits per heavy atom. The summed E-state index contributed by atoms with van der Waals surface area (Å²) in [5, 5.41) is 0. The van der Waals surface area contributed by atoms with Crippen molar-refractivity contribution in [2.45, 2.75) is 32.2 Å². The molecular formula is C11H18Si. The first-order valence-electron chi connectivity index (χ1n) is 4.64. The minimum Gasteiger partial charge on any atom is -0.0620 e. The molecule has 0 radical (unpaired) electrons. The first-order chi connectivity index (χ1) is 5.55. The van der Waals surface area contributed by atoms with Gasteiger partial charge in [-0.2, -0.15) is 0 Å². The average molecular weight is 178 g/mol. The molecule has 0 aromatic heterocycles. The molecular weight excluding hydrogens is 160 g/mol. The Kier molecular flexibility index (Phi) is 2.73. The number of hydrogen-bond donors (Lipinski definition) is 0. The lowest BCUT2D eigenvalue weighted by Crippen LogP contribution is -2.14. The molecule has 0 unspecified atom stereocenters. The van der Waals surface area contributed by atoms with Crippen LogP contribution in [0.1, 0.15) is 31.9 Å². The fraction of sp³-hybridized carbons (Fsp3) is 0.455. The van der Waals surface area contributed by atoms with Crippen molar-refractivity contribution in [1.29, 1.82) is 0 Å². The molecule has 1 rings (SSSR count). The zero-order valence-corrected chi connectivity index (χ0v) is 10.5. The van der Waals surface area contributed by atoms with Crippen molar-refractivity contribution in [1.82, 2.24) is 0 Å². The Bertz CT molecular complexity index is 258. The highest BCUT2D eigenvalue weighted by atomic mass is 28.1. The van der Waals surface area contributed by atoms with E-state index in [4.69, 9.17) is 0 Å². The van der Waals surface area contributed by atoms with Gasteiger partial charge in [0.15, 0.2) is 0 Å². The summed E-state index contributed by atoms with van der Waals surface area (Å²) in [5.41, 5.74) is 3.36. The Balaban J connectivity index is 3.14. The van der Waals surface area contributed by atoms with Crippen LogP contribution in [0.5, 0.6) is 0 Å². The van der Waals surface area contributed by atoms with Gasteiger partial charge >= 0.3 is 0 Å². The van der Waals surface area contributed by atoms with Crippen molar-refractivity contribution in [2.75, 3.05) is 0 Å². The zero-order chi connectivity index (χ0) is 9.19. The molecule has 0 N–H and O–H groups in total. The lowest BCUT2D eigenvalue weighted by atomic mass is 9.84. The predicted molar refractivity (Wildman–Crippen MR) is 58.8 cm³/mol. The van der Waals surface area contributed by atoms with Crippen molar-refractivity contribution in [3.05, 3.63) is 35.4 Å². The van der Waals surface area contributed by atoms with Gasteiger partial charge in [0, 0.05) is 10.2 Å². The van der Waals surface area contributed by atoms with Crippen LogP contribution in [-0.2, 0) is 11.5 Å². The first-order valence-corrected chi connectivity index (χ1v) is 6.05. The van der Waals surface area contributed by atoms with Crippen LogP contribution in [0.3, 0.4) is 0 Å². The van der Waals surface area contributed by atoms with Crippen molar-refractivity contribution in [3.63, 3.8) is 0 Å². The monoisotopic (exact) mass is 178 g/mol. The van der Waals surface area contributed by atoms with E-state index < -0.39 is 0 Å². The second kappa shape index (κ2) is 3.44. The molecule has 1 aromatic rings. The quantitative estimate of drug-likeness (QED) is 0.576. The van der Waals surface area contributed by atoms with Crippen LogP contribution in [0.15, 0.2) is 24.3 Å². The minimum atomic E-state index is 0.307. The van der Waals surface area contributed by atoms with E-state index in [1.54, 1.807) is 0 Å². The lowest BCUT2D eigenvalue weighted by molar-refractivity contribution is 0.585. The van der Waals surface area contributed by atoms with E-state index in [1.165, 1.54) is 27.4 Å². The Morgan fingerprint density at radius 3 is 2.17 bits per heavy atom. The van der Waals surface area contributed by atoms with Gasteiger partial charge in [0.25, 0.3) is 0 Å². The van der Waals surface area contributed by atoms with E-state index in [-0.39, 0.29) is 0 Å². The minimum absolute atomic E-state index is 0.307. The van der Waals surface area contributed by atoms with Gasteiger partial charge in [-0.15, -0.1) is 0 Å². The van der Waals surface area contributed by atoms with Crippen LogP contribution >= 0.6 is 0 Å². The molecule has 0 bridgehead atoms. The molecule has 0 saturated heterocycles. The fourth-order valence-corrected chi connectivity index (χ4v) is 2.18. The molecule has 66 valence electrons. The predicted octanol–water partition coefficient (Wildman–Crippen LogP) is 1.85. The summed E-state index contributed by atoms with van der Waals surface area (Å²) in [6.45, 7) is 6.84. The molecule has 0 fully saturated rings. The van der Waals surface area contributed by atoms with Crippen molar-refractivity contribution in [3.8, 4) is 0 Å². The summed E-state index contributed by atoms with van der Waals surface area (Å²) in [6.07, 6.45) is 0. The van der Waals surface area contributed by atoms with Gasteiger partial charge in [0.2, 0.25) is 0 Å². The van der Waals surface area contributed by atoms with Gasteiger partial charge in [0.05, 0.1) is 0 Å².